The molecule has 0 bridgehead atoms. The highest BCUT2D eigenvalue weighted by molar-refractivity contribution is 5.87. The number of hydrogen-bond donors (Lipinski definition) is 1. The first kappa shape index (κ1) is 29.0. The summed E-state index contributed by atoms with van der Waals surface area (Å²) in [6.07, 6.45) is 6.72. The van der Waals surface area contributed by atoms with Crippen molar-refractivity contribution in [1.29, 1.82) is 0 Å². The zero-order valence-corrected chi connectivity index (χ0v) is 23.4. The lowest BCUT2D eigenvalue weighted by molar-refractivity contribution is -0.135. The summed E-state index contributed by atoms with van der Waals surface area (Å²) in [5, 5.41) is 3.13. The number of benzene rings is 1. The van der Waals surface area contributed by atoms with Crippen LogP contribution in [0.4, 0.5) is 5.82 Å². The number of rotatable bonds is 12. The Bertz CT molecular complexity index is 1240. The molecule has 3 atom stereocenters. The van der Waals surface area contributed by atoms with Gasteiger partial charge in [-0.15, -0.1) is 0 Å². The highest BCUT2D eigenvalue weighted by Crippen LogP contribution is 2.23. The van der Waals surface area contributed by atoms with Crippen LogP contribution in [0, 0.1) is 0 Å². The first-order valence-corrected chi connectivity index (χ1v) is 13.3. The summed E-state index contributed by atoms with van der Waals surface area (Å²) >= 11 is 0. The van der Waals surface area contributed by atoms with Gasteiger partial charge in [0.2, 0.25) is 17.8 Å². The van der Waals surface area contributed by atoms with Gasteiger partial charge in [0, 0.05) is 45.9 Å². The molecule has 0 radical (unpaired) electrons. The van der Waals surface area contributed by atoms with E-state index in [0.29, 0.717) is 38.1 Å². The van der Waals surface area contributed by atoms with Gasteiger partial charge >= 0.3 is 0 Å². The summed E-state index contributed by atoms with van der Waals surface area (Å²) in [6.45, 7) is 5.88. The number of anilines is 1. The molecular formula is C28H37N7O5. The van der Waals surface area contributed by atoms with Crippen LogP contribution in [0.25, 0.3) is 5.95 Å². The number of nitrogens with zero attached hydrogens (tertiary/aromatic N) is 6. The van der Waals surface area contributed by atoms with Gasteiger partial charge in [0.15, 0.2) is 0 Å². The monoisotopic (exact) mass is 551 g/mol. The second-order valence-electron chi connectivity index (χ2n) is 9.62. The Hall–Kier alpha value is -4.03. The maximum absolute atomic E-state index is 13.8. The van der Waals surface area contributed by atoms with Crippen molar-refractivity contribution in [2.24, 2.45) is 0 Å². The average Bonchev–Trinajstić information content (AvgIpc) is 3.52. The van der Waals surface area contributed by atoms with Crippen LogP contribution in [0.5, 0.6) is 5.75 Å². The van der Waals surface area contributed by atoms with Crippen LogP contribution in [-0.4, -0.2) is 95.4 Å². The Labute approximate surface area is 234 Å². The van der Waals surface area contributed by atoms with Crippen molar-refractivity contribution in [1.82, 2.24) is 29.7 Å². The van der Waals surface area contributed by atoms with Gasteiger partial charge in [-0.2, -0.15) is 4.98 Å². The van der Waals surface area contributed by atoms with Crippen LogP contribution in [0.15, 0.2) is 55.2 Å². The first-order chi connectivity index (χ1) is 19.4. The lowest BCUT2D eigenvalue weighted by Crippen LogP contribution is -2.61. The summed E-state index contributed by atoms with van der Waals surface area (Å²) < 4.78 is 17.7. The lowest BCUT2D eigenvalue weighted by Gasteiger charge is -2.41. The zero-order valence-electron chi connectivity index (χ0n) is 23.4. The first-order valence-electron chi connectivity index (χ1n) is 13.3. The van der Waals surface area contributed by atoms with Crippen molar-refractivity contribution in [2.75, 3.05) is 52.0 Å². The minimum atomic E-state index is -0.653. The lowest BCUT2D eigenvalue weighted by atomic mass is 10.1. The number of imidazole rings is 1. The van der Waals surface area contributed by atoms with Gasteiger partial charge in [-0.1, -0.05) is 12.1 Å². The van der Waals surface area contributed by atoms with E-state index in [9.17, 15) is 9.59 Å². The summed E-state index contributed by atoms with van der Waals surface area (Å²) in [7, 11) is 3.21. The molecule has 1 aromatic carbocycles. The van der Waals surface area contributed by atoms with Crippen LogP contribution in [0.1, 0.15) is 31.9 Å². The largest absolute Gasteiger partial charge is 0.491 e. The molecule has 1 aliphatic rings. The van der Waals surface area contributed by atoms with Crippen molar-refractivity contribution in [3.8, 4) is 11.7 Å². The molecule has 2 amide bonds. The number of methoxy groups -OCH3 is 2. The average molecular weight is 552 g/mol. The Morgan fingerprint density at radius 2 is 1.88 bits per heavy atom. The standard InChI is InChI=1S/C28H37N7O5/c1-20(39-4)17-26(36)33-13-14-35(25-9-10-30-28(32-25)34-12-11-29-19-34)24(18-33)27(37)31-21(2)22-5-7-23(8-6-22)40-16-15-38-3/h5-12,19-21,24H,13-18H2,1-4H3,(H,31,37). The number of carbonyl (C=O) groups excluding carboxylic acids is 2. The fraction of sp³-hybridized carbons (Fsp3) is 0.464. The van der Waals surface area contributed by atoms with E-state index >= 15 is 0 Å². The fourth-order valence-electron chi connectivity index (χ4n) is 4.46. The van der Waals surface area contributed by atoms with Gasteiger partial charge in [0.25, 0.3) is 0 Å². The van der Waals surface area contributed by atoms with E-state index in [2.05, 4.69) is 15.3 Å². The molecular weight excluding hydrogens is 514 g/mol. The van der Waals surface area contributed by atoms with Crippen LogP contribution < -0.4 is 15.0 Å². The molecule has 1 saturated heterocycles. The summed E-state index contributed by atoms with van der Waals surface area (Å²) in [6, 6.07) is 8.45. The molecule has 3 aromatic rings. The second-order valence-corrected chi connectivity index (χ2v) is 9.62. The molecule has 214 valence electrons. The number of amides is 2. The number of carbonyl (C=O) groups is 2. The van der Waals surface area contributed by atoms with Crippen LogP contribution in [0.2, 0.25) is 0 Å². The maximum Gasteiger partial charge on any atom is 0.245 e. The van der Waals surface area contributed by atoms with Crippen LogP contribution >= 0.6 is 0 Å². The molecule has 40 heavy (non-hydrogen) atoms. The number of piperazine rings is 1. The normalized spacial score (nSPS) is 16.9. The molecule has 0 spiro atoms. The zero-order chi connectivity index (χ0) is 28.5. The van der Waals surface area contributed by atoms with Crippen molar-refractivity contribution >= 4 is 17.6 Å². The third-order valence-corrected chi connectivity index (χ3v) is 6.85. The molecule has 1 N–H and O–H groups in total. The highest BCUT2D eigenvalue weighted by atomic mass is 16.5. The highest BCUT2D eigenvalue weighted by Gasteiger charge is 2.36. The fourth-order valence-corrected chi connectivity index (χ4v) is 4.46. The van der Waals surface area contributed by atoms with Gasteiger partial charge in [0.05, 0.1) is 31.7 Å². The van der Waals surface area contributed by atoms with E-state index in [1.165, 1.54) is 0 Å². The van der Waals surface area contributed by atoms with Crippen LogP contribution in [0.3, 0.4) is 0 Å². The maximum atomic E-state index is 13.8. The molecule has 2 aromatic heterocycles. The summed E-state index contributed by atoms with van der Waals surface area (Å²) in [5.41, 5.74) is 0.932. The van der Waals surface area contributed by atoms with E-state index in [0.717, 1.165) is 11.3 Å². The molecule has 3 heterocycles. The van der Waals surface area contributed by atoms with Gasteiger partial charge in [-0.05, 0) is 37.6 Å². The second kappa shape index (κ2) is 13.9. The molecule has 12 heteroatoms. The van der Waals surface area contributed by atoms with E-state index in [1.807, 2.05) is 43.0 Å². The summed E-state index contributed by atoms with van der Waals surface area (Å²) in [5.74, 6) is 1.53. The topological polar surface area (TPSA) is 124 Å². The number of hydrogen-bond acceptors (Lipinski definition) is 9. The van der Waals surface area contributed by atoms with E-state index in [4.69, 9.17) is 19.2 Å². The molecule has 0 aliphatic carbocycles. The molecule has 3 unspecified atom stereocenters. The van der Waals surface area contributed by atoms with Gasteiger partial charge in [0.1, 0.15) is 30.5 Å². The molecule has 12 nitrogen and oxygen atoms in total. The number of aromatic nitrogens is 4. The van der Waals surface area contributed by atoms with Gasteiger partial charge in [-0.25, -0.2) is 9.97 Å². The molecule has 1 aliphatic heterocycles. The Morgan fingerprint density at radius 1 is 1.07 bits per heavy atom. The third-order valence-electron chi connectivity index (χ3n) is 6.85. The van der Waals surface area contributed by atoms with Crippen molar-refractivity contribution in [2.45, 2.75) is 38.5 Å². The number of ether oxygens (including phenoxy) is 3. The summed E-state index contributed by atoms with van der Waals surface area (Å²) in [4.78, 5) is 43.5. The smallest absolute Gasteiger partial charge is 0.245 e. The van der Waals surface area contributed by atoms with E-state index in [-0.39, 0.29) is 36.9 Å². The molecule has 0 saturated carbocycles. The molecule has 1 fully saturated rings. The van der Waals surface area contributed by atoms with Crippen molar-refractivity contribution < 1.29 is 23.8 Å². The quantitative estimate of drug-likeness (QED) is 0.337. The Morgan fingerprint density at radius 3 is 2.58 bits per heavy atom. The predicted molar refractivity (Wildman–Crippen MR) is 148 cm³/mol. The number of nitrogens with one attached hydrogen (secondary N) is 1. The van der Waals surface area contributed by atoms with E-state index < -0.39 is 6.04 Å². The minimum absolute atomic E-state index is 0.0503. The SMILES string of the molecule is COCCOc1ccc(C(C)NC(=O)C2CN(C(=O)CC(C)OC)CCN2c2ccnc(-n3ccnc3)n2)cc1. The van der Waals surface area contributed by atoms with Gasteiger partial charge in [-0.3, -0.25) is 14.2 Å². The Balaban J connectivity index is 1.52. The van der Waals surface area contributed by atoms with Crippen LogP contribution in [-0.2, 0) is 19.1 Å². The van der Waals surface area contributed by atoms with Crippen molar-refractivity contribution in [3.05, 3.63) is 60.8 Å². The van der Waals surface area contributed by atoms with Crippen molar-refractivity contribution in [3.63, 3.8) is 0 Å². The molecule has 4 rings (SSSR count). The Kier molecular flexibility index (Phi) is 10.0. The predicted octanol–water partition coefficient (Wildman–Crippen LogP) is 2.01. The third kappa shape index (κ3) is 7.33. The van der Waals surface area contributed by atoms with Gasteiger partial charge < -0.3 is 29.3 Å². The minimum Gasteiger partial charge on any atom is -0.491 e. The van der Waals surface area contributed by atoms with E-state index in [1.54, 1.807) is 54.7 Å².